The number of hydrogen-bond donors (Lipinski definition) is 2. The maximum atomic E-state index is 12.6. The Hall–Kier alpha value is -3.48. The average Bonchev–Trinajstić information content (AvgIpc) is 2.91. The van der Waals surface area contributed by atoms with Crippen LogP contribution in [0.15, 0.2) is 48.5 Å². The van der Waals surface area contributed by atoms with Crippen molar-refractivity contribution in [1.29, 1.82) is 0 Å². The molecule has 0 spiro atoms. The van der Waals surface area contributed by atoms with Crippen LogP contribution in [0.1, 0.15) is 43.6 Å². The van der Waals surface area contributed by atoms with E-state index in [2.05, 4.69) is 10.6 Å². The quantitative estimate of drug-likeness (QED) is 0.756. The fraction of sp³-hybridized carbons (Fsp3) is 0.200. The zero-order valence-electron chi connectivity index (χ0n) is 14.8. The van der Waals surface area contributed by atoms with Crippen LogP contribution < -0.4 is 10.6 Å². The first-order chi connectivity index (χ1) is 13.0. The molecule has 0 fully saturated rings. The minimum Gasteiger partial charge on any atom is -0.355 e. The molecule has 0 bridgehead atoms. The predicted molar refractivity (Wildman–Crippen MR) is 98.1 cm³/mol. The minimum absolute atomic E-state index is 0.156. The molecule has 7 heteroatoms. The lowest BCUT2D eigenvalue weighted by atomic mass is 10.1. The third-order valence-electron chi connectivity index (χ3n) is 4.20. The van der Waals surface area contributed by atoms with Crippen LogP contribution in [0.5, 0.6) is 0 Å². The zero-order valence-corrected chi connectivity index (χ0v) is 14.8. The van der Waals surface area contributed by atoms with Crippen molar-refractivity contribution in [3.05, 3.63) is 70.8 Å². The van der Waals surface area contributed by atoms with E-state index in [-0.39, 0.29) is 41.6 Å². The first-order valence-electron chi connectivity index (χ1n) is 8.60. The first-order valence-corrected chi connectivity index (χ1v) is 8.60. The van der Waals surface area contributed by atoms with Gasteiger partial charge < -0.3 is 10.6 Å². The molecule has 3 rings (SSSR count). The normalized spacial score (nSPS) is 12.7. The predicted octanol–water partition coefficient (Wildman–Crippen LogP) is 1.35. The molecule has 2 aromatic carbocycles. The van der Waals surface area contributed by atoms with Gasteiger partial charge >= 0.3 is 0 Å². The molecule has 0 radical (unpaired) electrons. The van der Waals surface area contributed by atoms with Crippen molar-refractivity contribution in [2.24, 2.45) is 0 Å². The molecule has 2 N–H and O–H groups in total. The molecule has 0 saturated heterocycles. The summed E-state index contributed by atoms with van der Waals surface area (Å²) in [5, 5.41) is 5.07. The number of likely N-dealkylation sites (N-methyl/N-ethyl adjacent to an activating group) is 1. The van der Waals surface area contributed by atoms with Crippen LogP contribution in [-0.4, -0.2) is 41.6 Å². The monoisotopic (exact) mass is 365 g/mol. The topological polar surface area (TPSA) is 95.6 Å². The summed E-state index contributed by atoms with van der Waals surface area (Å²) in [6, 6.07) is 13.6. The van der Waals surface area contributed by atoms with Crippen molar-refractivity contribution in [3.63, 3.8) is 0 Å². The lowest BCUT2D eigenvalue weighted by Crippen LogP contribution is -2.36. The van der Waals surface area contributed by atoms with Gasteiger partial charge in [-0.15, -0.1) is 0 Å². The molecule has 0 saturated carbocycles. The van der Waals surface area contributed by atoms with Crippen molar-refractivity contribution >= 4 is 23.6 Å². The van der Waals surface area contributed by atoms with Crippen LogP contribution >= 0.6 is 0 Å². The number of nitrogens with zero attached hydrogens (tertiary/aromatic N) is 1. The van der Waals surface area contributed by atoms with Gasteiger partial charge in [0, 0.05) is 12.1 Å². The van der Waals surface area contributed by atoms with Gasteiger partial charge in [0.15, 0.2) is 0 Å². The van der Waals surface area contributed by atoms with Crippen molar-refractivity contribution < 1.29 is 19.2 Å². The number of rotatable bonds is 6. The van der Waals surface area contributed by atoms with Gasteiger partial charge in [0.2, 0.25) is 5.91 Å². The maximum Gasteiger partial charge on any atom is 0.261 e. The minimum atomic E-state index is -0.481. The van der Waals surface area contributed by atoms with Gasteiger partial charge in [0.1, 0.15) is 0 Å². The van der Waals surface area contributed by atoms with Crippen LogP contribution in [0.4, 0.5) is 0 Å². The smallest absolute Gasteiger partial charge is 0.261 e. The van der Waals surface area contributed by atoms with E-state index in [1.165, 1.54) is 18.2 Å². The molecule has 4 amide bonds. The molecule has 138 valence electrons. The van der Waals surface area contributed by atoms with Gasteiger partial charge in [-0.05, 0) is 30.7 Å². The van der Waals surface area contributed by atoms with Crippen molar-refractivity contribution in [1.82, 2.24) is 15.5 Å². The molecule has 0 unspecified atom stereocenters. The molecule has 1 aliphatic heterocycles. The first kappa shape index (κ1) is 18.3. The third-order valence-corrected chi connectivity index (χ3v) is 4.20. The number of fused-ring (bicyclic) bond motifs is 1. The van der Waals surface area contributed by atoms with Gasteiger partial charge in [0.05, 0.1) is 24.2 Å². The van der Waals surface area contributed by atoms with Gasteiger partial charge in [-0.1, -0.05) is 30.3 Å². The summed E-state index contributed by atoms with van der Waals surface area (Å²) >= 11 is 0. The lowest BCUT2D eigenvalue weighted by Gasteiger charge is -2.13. The van der Waals surface area contributed by atoms with Crippen molar-refractivity contribution in [2.45, 2.75) is 13.5 Å². The Morgan fingerprint density at radius 1 is 0.926 bits per heavy atom. The van der Waals surface area contributed by atoms with Gasteiger partial charge in [-0.25, -0.2) is 0 Å². The Labute approximate surface area is 156 Å². The Balaban J connectivity index is 1.75. The zero-order chi connectivity index (χ0) is 19.4. The summed E-state index contributed by atoms with van der Waals surface area (Å²) < 4.78 is 0. The van der Waals surface area contributed by atoms with E-state index in [9.17, 15) is 19.2 Å². The summed E-state index contributed by atoms with van der Waals surface area (Å²) in [7, 11) is 0. The number of amides is 4. The van der Waals surface area contributed by atoms with E-state index in [1.54, 1.807) is 6.92 Å². The summed E-state index contributed by atoms with van der Waals surface area (Å²) in [6.45, 7) is 2.27. The van der Waals surface area contributed by atoms with Crippen LogP contribution in [0.25, 0.3) is 0 Å². The van der Waals surface area contributed by atoms with Crippen LogP contribution in [0.3, 0.4) is 0 Å². The summed E-state index contributed by atoms with van der Waals surface area (Å²) in [4.78, 5) is 50.0. The van der Waals surface area contributed by atoms with E-state index < -0.39 is 11.8 Å². The number of hydrogen-bond acceptors (Lipinski definition) is 4. The second-order valence-corrected chi connectivity index (χ2v) is 6.08. The van der Waals surface area contributed by atoms with Crippen LogP contribution in [0.2, 0.25) is 0 Å². The largest absolute Gasteiger partial charge is 0.355 e. The molecule has 0 aliphatic carbocycles. The number of carbonyl (C=O) groups excluding carboxylic acids is 4. The molecule has 1 aliphatic rings. The summed E-state index contributed by atoms with van der Waals surface area (Å²) in [5.41, 5.74) is 1.53. The number of nitrogens with one attached hydrogen (secondary N) is 2. The molecule has 27 heavy (non-hydrogen) atoms. The summed E-state index contributed by atoms with van der Waals surface area (Å²) in [6.07, 6.45) is 0. The molecule has 0 aromatic heterocycles. The molecular formula is C20H19N3O4. The van der Waals surface area contributed by atoms with Crippen molar-refractivity contribution in [3.8, 4) is 0 Å². The number of benzene rings is 2. The molecule has 0 atom stereocenters. The SMILES string of the molecule is CCNC(=O)CNC(=O)c1ccc2c(c1)C(=O)N(Cc1ccccc1)C2=O. The van der Waals surface area contributed by atoms with E-state index in [4.69, 9.17) is 0 Å². The Bertz CT molecular complexity index is 909. The Morgan fingerprint density at radius 2 is 1.63 bits per heavy atom. The highest BCUT2D eigenvalue weighted by Gasteiger charge is 2.35. The highest BCUT2D eigenvalue weighted by molar-refractivity contribution is 6.22. The van der Waals surface area contributed by atoms with E-state index >= 15 is 0 Å². The molecule has 1 heterocycles. The van der Waals surface area contributed by atoms with Gasteiger partial charge in [-0.2, -0.15) is 0 Å². The van der Waals surface area contributed by atoms with E-state index in [0.29, 0.717) is 6.54 Å². The van der Waals surface area contributed by atoms with Crippen molar-refractivity contribution in [2.75, 3.05) is 13.1 Å². The average molecular weight is 365 g/mol. The Morgan fingerprint density at radius 3 is 2.33 bits per heavy atom. The second kappa shape index (κ2) is 7.82. The standard InChI is InChI=1S/C20H19N3O4/c1-2-21-17(24)11-22-18(25)14-8-9-15-16(10-14)20(27)23(19(15)26)12-13-6-4-3-5-7-13/h3-10H,2,11-12H2,1H3,(H,21,24)(H,22,25). The van der Waals surface area contributed by atoms with E-state index in [1.807, 2.05) is 30.3 Å². The fourth-order valence-electron chi connectivity index (χ4n) is 2.86. The number of imide groups is 1. The van der Waals surface area contributed by atoms with Crippen LogP contribution in [-0.2, 0) is 11.3 Å². The highest BCUT2D eigenvalue weighted by Crippen LogP contribution is 2.25. The summed E-state index contributed by atoms with van der Waals surface area (Å²) in [5.74, 6) is -1.59. The van der Waals surface area contributed by atoms with E-state index in [0.717, 1.165) is 10.5 Å². The second-order valence-electron chi connectivity index (χ2n) is 6.08. The third kappa shape index (κ3) is 3.87. The lowest BCUT2D eigenvalue weighted by molar-refractivity contribution is -0.120. The van der Waals surface area contributed by atoms with Crippen LogP contribution in [0, 0.1) is 0 Å². The Kier molecular flexibility index (Phi) is 5.30. The molecular weight excluding hydrogens is 346 g/mol. The fourth-order valence-corrected chi connectivity index (χ4v) is 2.86. The van der Waals surface area contributed by atoms with Gasteiger partial charge in [0.25, 0.3) is 17.7 Å². The number of carbonyl (C=O) groups is 4. The molecule has 2 aromatic rings. The van der Waals surface area contributed by atoms with Gasteiger partial charge in [-0.3, -0.25) is 24.1 Å². The molecule has 7 nitrogen and oxygen atoms in total. The maximum absolute atomic E-state index is 12.6. The highest BCUT2D eigenvalue weighted by atomic mass is 16.2.